The SMILES string of the molecule is CC(=NOCCCO)c1ccccc1NS(=O)(=O)c1ccc(OC(=O)C(C)(C)C)cc1. The van der Waals surface area contributed by atoms with Gasteiger partial charge in [0, 0.05) is 18.6 Å². The van der Waals surface area contributed by atoms with Crippen LogP contribution in [0.4, 0.5) is 5.69 Å². The molecule has 2 rings (SSSR count). The quantitative estimate of drug-likeness (QED) is 0.199. The lowest BCUT2D eigenvalue weighted by atomic mass is 9.97. The molecule has 0 aliphatic carbocycles. The fourth-order valence-electron chi connectivity index (χ4n) is 2.36. The van der Waals surface area contributed by atoms with E-state index in [0.29, 0.717) is 23.4 Å². The second-order valence-corrected chi connectivity index (χ2v) is 9.53. The predicted octanol–water partition coefficient (Wildman–Crippen LogP) is 3.56. The Morgan fingerprint density at radius 3 is 2.35 bits per heavy atom. The smallest absolute Gasteiger partial charge is 0.316 e. The van der Waals surface area contributed by atoms with E-state index in [1.54, 1.807) is 52.0 Å². The summed E-state index contributed by atoms with van der Waals surface area (Å²) in [7, 11) is -3.89. The monoisotopic (exact) mass is 448 g/mol. The third kappa shape index (κ3) is 7.08. The van der Waals surface area contributed by atoms with Crippen LogP contribution in [0.5, 0.6) is 5.75 Å². The number of sulfonamides is 1. The van der Waals surface area contributed by atoms with E-state index in [0.717, 1.165) is 0 Å². The number of nitrogens with one attached hydrogen (secondary N) is 1. The van der Waals surface area contributed by atoms with E-state index >= 15 is 0 Å². The maximum absolute atomic E-state index is 12.9. The van der Waals surface area contributed by atoms with E-state index in [2.05, 4.69) is 9.88 Å². The van der Waals surface area contributed by atoms with Gasteiger partial charge in [-0.2, -0.15) is 0 Å². The highest BCUT2D eigenvalue weighted by Gasteiger charge is 2.24. The number of esters is 1. The highest BCUT2D eigenvalue weighted by Crippen LogP contribution is 2.24. The summed E-state index contributed by atoms with van der Waals surface area (Å²) < 4.78 is 33.5. The van der Waals surface area contributed by atoms with Crippen molar-refractivity contribution in [2.45, 2.75) is 39.0 Å². The molecule has 168 valence electrons. The minimum atomic E-state index is -3.89. The minimum absolute atomic E-state index is 0.000844. The van der Waals surface area contributed by atoms with Crippen LogP contribution in [0.2, 0.25) is 0 Å². The Hall–Kier alpha value is -2.91. The summed E-state index contributed by atoms with van der Waals surface area (Å²) in [5.41, 5.74) is 0.723. The summed E-state index contributed by atoms with van der Waals surface area (Å²) in [5, 5.41) is 12.8. The zero-order chi connectivity index (χ0) is 23.1. The topological polar surface area (TPSA) is 114 Å². The average Bonchev–Trinajstić information content (AvgIpc) is 2.71. The van der Waals surface area contributed by atoms with Crippen molar-refractivity contribution in [2.24, 2.45) is 10.6 Å². The molecule has 9 heteroatoms. The van der Waals surface area contributed by atoms with Crippen molar-refractivity contribution in [2.75, 3.05) is 17.9 Å². The van der Waals surface area contributed by atoms with Crippen LogP contribution >= 0.6 is 0 Å². The van der Waals surface area contributed by atoms with Gasteiger partial charge in [-0.1, -0.05) is 23.4 Å². The van der Waals surface area contributed by atoms with Crippen LogP contribution in [0.25, 0.3) is 0 Å². The molecule has 0 aliphatic heterocycles. The standard InChI is InChI=1S/C22H28N2O6S/c1-16(23-29-15-7-14-25)19-8-5-6-9-20(19)24-31(27,28)18-12-10-17(11-13-18)30-21(26)22(2,3)4/h5-6,8-13,24-25H,7,14-15H2,1-4H3. The van der Waals surface area contributed by atoms with Crippen molar-refractivity contribution in [1.29, 1.82) is 0 Å². The minimum Gasteiger partial charge on any atom is -0.426 e. The molecule has 2 N–H and O–H groups in total. The number of anilines is 1. The highest BCUT2D eigenvalue weighted by atomic mass is 32.2. The molecule has 0 aliphatic rings. The molecule has 8 nitrogen and oxygen atoms in total. The van der Waals surface area contributed by atoms with Crippen molar-refractivity contribution < 1.29 is 27.9 Å². The fraction of sp³-hybridized carbons (Fsp3) is 0.364. The van der Waals surface area contributed by atoms with Gasteiger partial charge < -0.3 is 14.7 Å². The Balaban J connectivity index is 2.19. The van der Waals surface area contributed by atoms with Gasteiger partial charge in [0.25, 0.3) is 10.0 Å². The van der Waals surface area contributed by atoms with Crippen molar-refractivity contribution in [3.63, 3.8) is 0 Å². The third-order valence-corrected chi connectivity index (χ3v) is 5.49. The molecule has 0 saturated carbocycles. The van der Waals surface area contributed by atoms with Gasteiger partial charge in [-0.25, -0.2) is 8.42 Å². The van der Waals surface area contributed by atoms with Crippen LogP contribution in [0.3, 0.4) is 0 Å². The molecule has 2 aromatic carbocycles. The summed E-state index contributed by atoms with van der Waals surface area (Å²) in [5.74, 6) is -0.145. The number of carbonyl (C=O) groups excluding carboxylic acids is 1. The number of benzene rings is 2. The molecule has 0 radical (unpaired) electrons. The maximum atomic E-state index is 12.9. The fourth-order valence-corrected chi connectivity index (χ4v) is 3.44. The van der Waals surface area contributed by atoms with Crippen LogP contribution in [0, 0.1) is 5.41 Å². The largest absolute Gasteiger partial charge is 0.426 e. The first kappa shape index (κ1) is 24.4. The molecule has 0 heterocycles. The molecule has 0 amide bonds. The number of hydrogen-bond acceptors (Lipinski definition) is 7. The molecule has 0 bridgehead atoms. The van der Waals surface area contributed by atoms with Gasteiger partial charge in [0.05, 0.1) is 21.7 Å². The molecule has 2 aromatic rings. The number of carbonyl (C=O) groups is 1. The van der Waals surface area contributed by atoms with Gasteiger partial charge >= 0.3 is 5.97 Å². The van der Waals surface area contributed by atoms with Crippen LogP contribution in [-0.4, -0.2) is 38.4 Å². The average molecular weight is 449 g/mol. The maximum Gasteiger partial charge on any atom is 0.316 e. The lowest BCUT2D eigenvalue weighted by molar-refractivity contribution is -0.143. The first-order valence-corrected chi connectivity index (χ1v) is 11.2. The van der Waals surface area contributed by atoms with E-state index < -0.39 is 21.4 Å². The number of hydrogen-bond donors (Lipinski definition) is 2. The van der Waals surface area contributed by atoms with E-state index in [1.165, 1.54) is 24.3 Å². The van der Waals surface area contributed by atoms with E-state index in [9.17, 15) is 13.2 Å². The zero-order valence-electron chi connectivity index (χ0n) is 18.1. The summed E-state index contributed by atoms with van der Waals surface area (Å²) >= 11 is 0. The molecule has 0 fully saturated rings. The van der Waals surface area contributed by atoms with Crippen LogP contribution in [0.1, 0.15) is 39.7 Å². The first-order valence-electron chi connectivity index (χ1n) is 9.76. The van der Waals surface area contributed by atoms with Gasteiger partial charge in [-0.15, -0.1) is 0 Å². The third-order valence-electron chi connectivity index (χ3n) is 4.11. The number of aliphatic hydroxyl groups excluding tert-OH is 1. The second-order valence-electron chi connectivity index (χ2n) is 7.85. The Morgan fingerprint density at radius 1 is 1.10 bits per heavy atom. The number of aliphatic hydroxyl groups is 1. The molecule has 31 heavy (non-hydrogen) atoms. The number of rotatable bonds is 9. The zero-order valence-corrected chi connectivity index (χ0v) is 18.9. The van der Waals surface area contributed by atoms with Gasteiger partial charge in [0.1, 0.15) is 12.4 Å². The first-order chi connectivity index (χ1) is 14.5. The van der Waals surface area contributed by atoms with Crippen molar-refractivity contribution in [3.05, 3.63) is 54.1 Å². The van der Waals surface area contributed by atoms with Crippen molar-refractivity contribution in [1.82, 2.24) is 0 Å². The molecule has 0 unspecified atom stereocenters. The van der Waals surface area contributed by atoms with Crippen LogP contribution in [-0.2, 0) is 19.7 Å². The van der Waals surface area contributed by atoms with E-state index in [-0.39, 0.29) is 23.9 Å². The van der Waals surface area contributed by atoms with E-state index in [4.69, 9.17) is 14.7 Å². The number of para-hydroxylation sites is 1. The molecular weight excluding hydrogens is 420 g/mol. The van der Waals surface area contributed by atoms with Crippen LogP contribution in [0.15, 0.2) is 58.6 Å². The normalized spacial score (nSPS) is 12.4. The summed E-state index contributed by atoms with van der Waals surface area (Å²) in [6.45, 7) is 7.16. The van der Waals surface area contributed by atoms with Gasteiger partial charge in [0.2, 0.25) is 0 Å². The Kier molecular flexibility index (Phi) is 8.18. The molecule has 0 spiro atoms. The van der Waals surface area contributed by atoms with Crippen molar-refractivity contribution >= 4 is 27.4 Å². The van der Waals surface area contributed by atoms with Crippen LogP contribution < -0.4 is 9.46 Å². The molecule has 0 saturated heterocycles. The van der Waals surface area contributed by atoms with Crippen molar-refractivity contribution in [3.8, 4) is 5.75 Å². The highest BCUT2D eigenvalue weighted by molar-refractivity contribution is 7.92. The Bertz CT molecular complexity index is 1020. The summed E-state index contributed by atoms with van der Waals surface area (Å²) in [6.07, 6.45) is 0.451. The van der Waals surface area contributed by atoms with Gasteiger partial charge in [-0.05, 0) is 58.0 Å². The number of ether oxygens (including phenoxy) is 1. The lowest BCUT2D eigenvalue weighted by Crippen LogP contribution is -2.25. The lowest BCUT2D eigenvalue weighted by Gasteiger charge is -2.16. The van der Waals surface area contributed by atoms with Gasteiger partial charge in [0.15, 0.2) is 0 Å². The predicted molar refractivity (Wildman–Crippen MR) is 119 cm³/mol. The second kappa shape index (κ2) is 10.4. The number of nitrogens with zero attached hydrogens (tertiary/aromatic N) is 1. The molecular formula is C22H28N2O6S. The summed E-state index contributed by atoms with van der Waals surface area (Å²) in [6, 6.07) is 12.4. The molecule has 0 atom stereocenters. The Labute approximate surface area is 182 Å². The molecule has 0 aromatic heterocycles. The summed E-state index contributed by atoms with van der Waals surface area (Å²) in [4.78, 5) is 17.1. The number of oxime groups is 1. The van der Waals surface area contributed by atoms with Gasteiger partial charge in [-0.3, -0.25) is 9.52 Å². The van der Waals surface area contributed by atoms with E-state index in [1.807, 2.05) is 0 Å². The Morgan fingerprint density at radius 2 is 1.74 bits per heavy atom.